The second-order valence-electron chi connectivity index (χ2n) is 8.44. The number of halogens is 1. The van der Waals surface area contributed by atoms with E-state index in [2.05, 4.69) is 4.99 Å². The molecule has 1 aliphatic heterocycles. The molecule has 1 aliphatic rings. The lowest BCUT2D eigenvalue weighted by Crippen LogP contribution is -2.39. The number of carbonyl (C=O) groups is 2. The molecular weight excluding hydrogens is 528 g/mol. The van der Waals surface area contributed by atoms with Crippen LogP contribution in [-0.2, 0) is 9.53 Å². The van der Waals surface area contributed by atoms with E-state index >= 15 is 0 Å². The van der Waals surface area contributed by atoms with Gasteiger partial charge in [0.2, 0.25) is 0 Å². The molecule has 4 aromatic rings. The van der Waals surface area contributed by atoms with Crippen LogP contribution in [0.2, 0.25) is 5.02 Å². The molecule has 8 nitrogen and oxygen atoms in total. The van der Waals surface area contributed by atoms with Crippen molar-refractivity contribution < 1.29 is 23.8 Å². The number of nitrogens with zero attached hydrogens (tertiary/aromatic N) is 2. The van der Waals surface area contributed by atoms with Crippen LogP contribution >= 0.6 is 22.9 Å². The molecule has 2 aromatic heterocycles. The molecule has 192 valence electrons. The molecule has 0 fully saturated rings. The van der Waals surface area contributed by atoms with Crippen LogP contribution in [0, 0.1) is 0 Å². The molecule has 3 heterocycles. The second kappa shape index (κ2) is 10.3. The summed E-state index contributed by atoms with van der Waals surface area (Å²) in [4.78, 5) is 42.9. The van der Waals surface area contributed by atoms with E-state index in [0.29, 0.717) is 42.7 Å². The zero-order chi connectivity index (χ0) is 27.0. The largest absolute Gasteiger partial charge is 0.478 e. The van der Waals surface area contributed by atoms with Gasteiger partial charge in [-0.3, -0.25) is 9.36 Å². The quantitative estimate of drug-likeness (QED) is 0.357. The number of benzene rings is 2. The fourth-order valence-electron chi connectivity index (χ4n) is 4.27. The first kappa shape index (κ1) is 25.4. The van der Waals surface area contributed by atoms with Crippen LogP contribution in [0.1, 0.15) is 41.6 Å². The topological polar surface area (TPSA) is 111 Å². The standard InChI is InChI=1S/C28H21ClN2O6S/c1-3-36-27(35)23-15(2)30-28-31(24(23)16-7-9-19(29)10-8-16)25(32)22(38-28)14-20-11-12-21(37-20)17-5-4-6-18(13-17)26(33)34/h4-14,24H,3H2,1-2H3,(H,33,34). The van der Waals surface area contributed by atoms with Gasteiger partial charge in [-0.05, 0) is 55.8 Å². The summed E-state index contributed by atoms with van der Waals surface area (Å²) in [5, 5.41) is 9.80. The average molecular weight is 549 g/mol. The highest BCUT2D eigenvalue weighted by atomic mass is 35.5. The molecule has 10 heteroatoms. The van der Waals surface area contributed by atoms with Crippen LogP contribution in [-0.4, -0.2) is 28.2 Å². The first-order chi connectivity index (χ1) is 18.3. The highest BCUT2D eigenvalue weighted by molar-refractivity contribution is 7.07. The van der Waals surface area contributed by atoms with Gasteiger partial charge < -0.3 is 14.3 Å². The van der Waals surface area contributed by atoms with Gasteiger partial charge in [-0.1, -0.05) is 47.2 Å². The Morgan fingerprint density at radius 2 is 1.95 bits per heavy atom. The molecule has 1 unspecified atom stereocenters. The van der Waals surface area contributed by atoms with E-state index in [1.807, 2.05) is 0 Å². The van der Waals surface area contributed by atoms with Crippen molar-refractivity contribution in [2.75, 3.05) is 6.61 Å². The number of carbonyl (C=O) groups excluding carboxylic acids is 1. The van der Waals surface area contributed by atoms with E-state index in [0.717, 1.165) is 0 Å². The van der Waals surface area contributed by atoms with Crippen LogP contribution in [0.3, 0.4) is 0 Å². The van der Waals surface area contributed by atoms with E-state index in [1.165, 1.54) is 28.0 Å². The van der Waals surface area contributed by atoms with Gasteiger partial charge in [-0.2, -0.15) is 0 Å². The summed E-state index contributed by atoms with van der Waals surface area (Å²) in [6.45, 7) is 3.62. The lowest BCUT2D eigenvalue weighted by molar-refractivity contribution is -0.139. The fraction of sp³-hybridized carbons (Fsp3) is 0.143. The number of ether oxygens (including phenoxy) is 1. The van der Waals surface area contributed by atoms with E-state index in [-0.39, 0.29) is 23.3 Å². The molecule has 0 saturated heterocycles. The lowest BCUT2D eigenvalue weighted by atomic mass is 9.96. The molecule has 0 bridgehead atoms. The molecule has 0 aliphatic carbocycles. The van der Waals surface area contributed by atoms with Gasteiger partial charge in [0.25, 0.3) is 5.56 Å². The number of aromatic carboxylic acids is 1. The number of furan rings is 1. The molecule has 0 amide bonds. The van der Waals surface area contributed by atoms with E-state index in [4.69, 9.17) is 20.8 Å². The first-order valence-electron chi connectivity index (χ1n) is 11.7. The number of carboxylic acids is 1. The summed E-state index contributed by atoms with van der Waals surface area (Å²) >= 11 is 7.27. The third kappa shape index (κ3) is 4.73. The third-order valence-electron chi connectivity index (χ3n) is 6.00. The summed E-state index contributed by atoms with van der Waals surface area (Å²) in [5.74, 6) is -0.698. The number of allylic oxidation sites excluding steroid dienone is 1. The van der Waals surface area contributed by atoms with Crippen molar-refractivity contribution in [3.63, 3.8) is 0 Å². The Hall–Kier alpha value is -4.21. The maximum Gasteiger partial charge on any atom is 0.338 e. The summed E-state index contributed by atoms with van der Waals surface area (Å²) < 4.78 is 13.1. The van der Waals surface area contributed by atoms with Crippen molar-refractivity contribution >= 4 is 41.0 Å². The van der Waals surface area contributed by atoms with Crippen molar-refractivity contribution in [3.8, 4) is 11.3 Å². The van der Waals surface area contributed by atoms with Crippen molar-refractivity contribution in [1.82, 2.24) is 4.57 Å². The van der Waals surface area contributed by atoms with Crippen molar-refractivity contribution in [2.45, 2.75) is 19.9 Å². The normalized spacial score (nSPS) is 15.2. The Bertz CT molecular complexity index is 1780. The van der Waals surface area contributed by atoms with Crippen LogP contribution in [0.5, 0.6) is 0 Å². The lowest BCUT2D eigenvalue weighted by Gasteiger charge is -2.24. The molecule has 0 spiro atoms. The summed E-state index contributed by atoms with van der Waals surface area (Å²) in [6.07, 6.45) is 1.61. The van der Waals surface area contributed by atoms with Gasteiger partial charge in [0.1, 0.15) is 11.5 Å². The Morgan fingerprint density at radius 1 is 1.18 bits per heavy atom. The Balaban J connectivity index is 1.61. The number of hydrogen-bond acceptors (Lipinski definition) is 7. The average Bonchev–Trinajstić information content (AvgIpc) is 3.48. The van der Waals surface area contributed by atoms with E-state index in [1.54, 1.807) is 68.5 Å². The predicted molar refractivity (Wildman–Crippen MR) is 143 cm³/mol. The highest BCUT2D eigenvalue weighted by Crippen LogP contribution is 2.31. The van der Waals surface area contributed by atoms with Crippen molar-refractivity contribution in [1.29, 1.82) is 0 Å². The number of thiazole rings is 1. The Morgan fingerprint density at radius 3 is 2.66 bits per heavy atom. The van der Waals surface area contributed by atoms with E-state index in [9.17, 15) is 19.5 Å². The highest BCUT2D eigenvalue weighted by Gasteiger charge is 2.33. The molecule has 2 aromatic carbocycles. The molecule has 1 N–H and O–H groups in total. The zero-order valence-electron chi connectivity index (χ0n) is 20.3. The summed E-state index contributed by atoms with van der Waals surface area (Å²) in [5.41, 5.74) is 1.85. The smallest absolute Gasteiger partial charge is 0.338 e. The molecule has 38 heavy (non-hydrogen) atoms. The number of fused-ring (bicyclic) bond motifs is 1. The number of aromatic nitrogens is 1. The summed E-state index contributed by atoms with van der Waals surface area (Å²) in [7, 11) is 0. The number of esters is 1. The van der Waals surface area contributed by atoms with Gasteiger partial charge in [0, 0.05) is 16.7 Å². The number of rotatable bonds is 6. The maximum absolute atomic E-state index is 13.7. The molecule has 5 rings (SSSR count). The van der Waals surface area contributed by atoms with Gasteiger partial charge >= 0.3 is 11.9 Å². The molecule has 0 saturated carbocycles. The first-order valence-corrected chi connectivity index (χ1v) is 12.8. The van der Waals surface area contributed by atoms with Gasteiger partial charge in [-0.15, -0.1) is 0 Å². The molecule has 1 atom stereocenters. The predicted octanol–water partition coefficient (Wildman–Crippen LogP) is 4.41. The zero-order valence-corrected chi connectivity index (χ0v) is 21.9. The van der Waals surface area contributed by atoms with Gasteiger partial charge in [-0.25, -0.2) is 14.6 Å². The minimum Gasteiger partial charge on any atom is -0.478 e. The van der Waals surface area contributed by atoms with Crippen LogP contribution in [0.15, 0.2) is 86.1 Å². The third-order valence-corrected chi connectivity index (χ3v) is 7.23. The van der Waals surface area contributed by atoms with E-state index < -0.39 is 18.0 Å². The van der Waals surface area contributed by atoms with Crippen molar-refractivity contribution in [2.24, 2.45) is 4.99 Å². The van der Waals surface area contributed by atoms with Crippen LogP contribution in [0.4, 0.5) is 0 Å². The fourth-order valence-corrected chi connectivity index (χ4v) is 5.42. The number of hydrogen-bond donors (Lipinski definition) is 1. The van der Waals surface area contributed by atoms with Crippen LogP contribution in [0.25, 0.3) is 17.4 Å². The minimum atomic E-state index is -1.03. The van der Waals surface area contributed by atoms with Gasteiger partial charge in [0.05, 0.1) is 34.0 Å². The monoisotopic (exact) mass is 548 g/mol. The number of carboxylic acid groups (broad SMARTS) is 1. The van der Waals surface area contributed by atoms with Crippen molar-refractivity contribution in [3.05, 3.63) is 114 Å². The minimum absolute atomic E-state index is 0.142. The van der Waals surface area contributed by atoms with Crippen LogP contribution < -0.4 is 14.9 Å². The van der Waals surface area contributed by atoms with Gasteiger partial charge in [0.15, 0.2) is 4.80 Å². The summed E-state index contributed by atoms with van der Waals surface area (Å²) in [6, 6.07) is 16.0. The molecular formula is C28H21ClN2O6S. The molecule has 0 radical (unpaired) electrons. The maximum atomic E-state index is 13.7. The SMILES string of the molecule is CCOC(=O)C1=C(C)N=c2sc(=Cc3ccc(-c4cccc(C(=O)O)c4)o3)c(=O)n2C1c1ccc(Cl)cc1. The Labute approximate surface area is 225 Å². The Kier molecular flexibility index (Phi) is 6.88. The second-order valence-corrected chi connectivity index (χ2v) is 9.89.